The number of hydrogen-bond donors (Lipinski definition) is 1. The highest BCUT2D eigenvalue weighted by Gasteiger charge is 2.23. The van der Waals surface area contributed by atoms with E-state index < -0.39 is 5.97 Å². The van der Waals surface area contributed by atoms with Crippen molar-refractivity contribution in [2.45, 2.75) is 13.3 Å². The lowest BCUT2D eigenvalue weighted by atomic mass is 10.1. The van der Waals surface area contributed by atoms with Crippen LogP contribution in [0.2, 0.25) is 0 Å². The number of carbonyl (C=O) groups excluding carboxylic acids is 1. The molecule has 0 aliphatic carbocycles. The summed E-state index contributed by atoms with van der Waals surface area (Å²) in [6.45, 7) is 2.35. The molecule has 1 amide bonds. The molecule has 6 nitrogen and oxygen atoms in total. The Hall–Kier alpha value is -2.24. The fourth-order valence-corrected chi connectivity index (χ4v) is 1.85. The van der Waals surface area contributed by atoms with Crippen molar-refractivity contribution in [1.82, 2.24) is 4.90 Å². The number of hydrogen-bond acceptors (Lipinski definition) is 4. The molecule has 1 aromatic carbocycles. The predicted molar refractivity (Wildman–Crippen MR) is 73.4 cm³/mol. The summed E-state index contributed by atoms with van der Waals surface area (Å²) in [5, 5.41) is 8.72. The maximum absolute atomic E-state index is 12.5. The van der Waals surface area contributed by atoms with Crippen molar-refractivity contribution in [1.29, 1.82) is 0 Å². The molecule has 0 bridgehead atoms. The van der Waals surface area contributed by atoms with Gasteiger partial charge in [0.1, 0.15) is 17.1 Å². The van der Waals surface area contributed by atoms with E-state index in [0.717, 1.165) is 0 Å². The molecule has 0 saturated carbocycles. The first-order valence-electron chi connectivity index (χ1n) is 6.27. The molecule has 0 radical (unpaired) electrons. The predicted octanol–water partition coefficient (Wildman–Crippen LogP) is 1.64. The van der Waals surface area contributed by atoms with Gasteiger partial charge in [0.15, 0.2) is 0 Å². The molecule has 0 unspecified atom stereocenters. The van der Waals surface area contributed by atoms with Gasteiger partial charge in [-0.2, -0.15) is 0 Å². The standard InChI is InChI=1S/C14H19NO5/c1-4-15(9-8-12(16)17)14(18)13-10(19-2)6-5-7-11(13)20-3/h5-7H,4,8-9H2,1-3H3,(H,16,17). The van der Waals surface area contributed by atoms with Crippen LogP contribution in [0.5, 0.6) is 11.5 Å². The molecule has 0 spiro atoms. The molecule has 0 fully saturated rings. The molecule has 0 saturated heterocycles. The van der Waals surface area contributed by atoms with Crippen molar-refractivity contribution >= 4 is 11.9 Å². The number of aliphatic carboxylic acids is 1. The average molecular weight is 281 g/mol. The number of rotatable bonds is 7. The largest absolute Gasteiger partial charge is 0.496 e. The van der Waals surface area contributed by atoms with E-state index in [0.29, 0.717) is 23.6 Å². The Morgan fingerprint density at radius 1 is 1.20 bits per heavy atom. The van der Waals surface area contributed by atoms with Crippen LogP contribution in [0, 0.1) is 0 Å². The van der Waals surface area contributed by atoms with Crippen molar-refractivity contribution < 1.29 is 24.2 Å². The lowest BCUT2D eigenvalue weighted by Crippen LogP contribution is -2.33. The number of methoxy groups -OCH3 is 2. The summed E-state index contributed by atoms with van der Waals surface area (Å²) in [4.78, 5) is 24.6. The third-order valence-electron chi connectivity index (χ3n) is 2.91. The summed E-state index contributed by atoms with van der Waals surface area (Å²) in [6.07, 6.45) is -0.100. The summed E-state index contributed by atoms with van der Waals surface area (Å²) < 4.78 is 10.4. The number of carboxylic acid groups (broad SMARTS) is 1. The topological polar surface area (TPSA) is 76.1 Å². The minimum Gasteiger partial charge on any atom is -0.496 e. The molecule has 20 heavy (non-hydrogen) atoms. The quantitative estimate of drug-likeness (QED) is 0.822. The Morgan fingerprint density at radius 3 is 2.15 bits per heavy atom. The molecular weight excluding hydrogens is 262 g/mol. The number of carboxylic acids is 1. The minimum atomic E-state index is -0.941. The van der Waals surface area contributed by atoms with Gasteiger partial charge in [0, 0.05) is 13.1 Å². The smallest absolute Gasteiger partial charge is 0.305 e. The Balaban J connectivity index is 3.07. The first-order valence-corrected chi connectivity index (χ1v) is 6.27. The molecule has 0 aliphatic heterocycles. The van der Waals surface area contributed by atoms with E-state index in [1.807, 2.05) is 0 Å². The number of carbonyl (C=O) groups is 2. The van der Waals surface area contributed by atoms with Gasteiger partial charge in [-0.15, -0.1) is 0 Å². The second-order valence-corrected chi connectivity index (χ2v) is 4.07. The van der Waals surface area contributed by atoms with E-state index in [1.165, 1.54) is 19.1 Å². The van der Waals surface area contributed by atoms with Gasteiger partial charge in [0.05, 0.1) is 20.6 Å². The van der Waals surface area contributed by atoms with Gasteiger partial charge in [0.25, 0.3) is 5.91 Å². The van der Waals surface area contributed by atoms with Crippen molar-refractivity contribution in [2.24, 2.45) is 0 Å². The van der Waals surface area contributed by atoms with Gasteiger partial charge < -0.3 is 19.5 Å². The third kappa shape index (κ3) is 3.63. The van der Waals surface area contributed by atoms with Crippen molar-refractivity contribution in [3.63, 3.8) is 0 Å². The average Bonchev–Trinajstić information content (AvgIpc) is 2.46. The highest BCUT2D eigenvalue weighted by Crippen LogP contribution is 2.29. The van der Waals surface area contributed by atoms with Gasteiger partial charge in [-0.1, -0.05) is 6.07 Å². The second-order valence-electron chi connectivity index (χ2n) is 4.07. The second kappa shape index (κ2) is 7.37. The number of nitrogens with zero attached hydrogens (tertiary/aromatic N) is 1. The van der Waals surface area contributed by atoms with E-state index in [1.54, 1.807) is 25.1 Å². The van der Waals surface area contributed by atoms with Crippen LogP contribution in [0.15, 0.2) is 18.2 Å². The summed E-state index contributed by atoms with van der Waals surface area (Å²) in [5.41, 5.74) is 0.310. The lowest BCUT2D eigenvalue weighted by Gasteiger charge is -2.22. The van der Waals surface area contributed by atoms with Crippen LogP contribution in [0.25, 0.3) is 0 Å². The molecule has 6 heteroatoms. The number of benzene rings is 1. The van der Waals surface area contributed by atoms with Crippen molar-refractivity contribution in [3.05, 3.63) is 23.8 Å². The molecule has 1 N–H and O–H groups in total. The molecule has 1 aromatic rings. The molecule has 0 aliphatic rings. The molecular formula is C14H19NO5. The Kier molecular flexibility index (Phi) is 5.83. The van der Waals surface area contributed by atoms with E-state index >= 15 is 0 Å². The van der Waals surface area contributed by atoms with Crippen LogP contribution in [0.3, 0.4) is 0 Å². The highest BCUT2D eigenvalue weighted by atomic mass is 16.5. The normalized spacial score (nSPS) is 9.95. The zero-order chi connectivity index (χ0) is 15.1. The van der Waals surface area contributed by atoms with Crippen molar-refractivity contribution in [3.8, 4) is 11.5 Å². The van der Waals surface area contributed by atoms with Crippen LogP contribution >= 0.6 is 0 Å². The van der Waals surface area contributed by atoms with E-state index in [2.05, 4.69) is 0 Å². The third-order valence-corrected chi connectivity index (χ3v) is 2.91. The number of amides is 1. The van der Waals surface area contributed by atoms with E-state index in [-0.39, 0.29) is 18.9 Å². The minimum absolute atomic E-state index is 0.100. The van der Waals surface area contributed by atoms with E-state index in [9.17, 15) is 9.59 Å². The van der Waals surface area contributed by atoms with Gasteiger partial charge in [-0.3, -0.25) is 9.59 Å². The summed E-state index contributed by atoms with van der Waals surface area (Å²) >= 11 is 0. The van der Waals surface area contributed by atoms with Crippen LogP contribution in [-0.2, 0) is 4.79 Å². The SMILES string of the molecule is CCN(CCC(=O)O)C(=O)c1c(OC)cccc1OC. The number of ether oxygens (including phenoxy) is 2. The first-order chi connectivity index (χ1) is 9.54. The summed E-state index contributed by atoms with van der Waals surface area (Å²) in [6, 6.07) is 5.06. The van der Waals surface area contributed by atoms with Gasteiger partial charge in [0.2, 0.25) is 0 Å². The Labute approximate surface area is 117 Å². The fraction of sp³-hybridized carbons (Fsp3) is 0.429. The summed E-state index contributed by atoms with van der Waals surface area (Å²) in [5.74, 6) is -0.433. The van der Waals surface area contributed by atoms with Crippen LogP contribution in [0.4, 0.5) is 0 Å². The molecule has 0 atom stereocenters. The van der Waals surface area contributed by atoms with Gasteiger partial charge >= 0.3 is 5.97 Å². The summed E-state index contributed by atoms with van der Waals surface area (Å²) in [7, 11) is 2.94. The van der Waals surface area contributed by atoms with Crippen LogP contribution in [-0.4, -0.2) is 49.2 Å². The molecule has 0 aromatic heterocycles. The van der Waals surface area contributed by atoms with Crippen LogP contribution in [0.1, 0.15) is 23.7 Å². The lowest BCUT2D eigenvalue weighted by molar-refractivity contribution is -0.137. The van der Waals surface area contributed by atoms with Gasteiger partial charge in [-0.05, 0) is 19.1 Å². The van der Waals surface area contributed by atoms with Crippen LogP contribution < -0.4 is 9.47 Å². The molecule has 1 rings (SSSR count). The highest BCUT2D eigenvalue weighted by molar-refractivity contribution is 5.99. The Morgan fingerprint density at radius 2 is 1.75 bits per heavy atom. The first kappa shape index (κ1) is 15.8. The van der Waals surface area contributed by atoms with E-state index in [4.69, 9.17) is 14.6 Å². The maximum Gasteiger partial charge on any atom is 0.305 e. The fourth-order valence-electron chi connectivity index (χ4n) is 1.85. The molecule has 0 heterocycles. The monoisotopic (exact) mass is 281 g/mol. The van der Waals surface area contributed by atoms with Gasteiger partial charge in [-0.25, -0.2) is 0 Å². The zero-order valence-electron chi connectivity index (χ0n) is 11.9. The van der Waals surface area contributed by atoms with Crippen molar-refractivity contribution in [2.75, 3.05) is 27.3 Å². The maximum atomic E-state index is 12.5. The zero-order valence-corrected chi connectivity index (χ0v) is 11.9. The Bertz CT molecular complexity index is 464. The molecule has 110 valence electrons.